The summed E-state index contributed by atoms with van der Waals surface area (Å²) in [6.45, 7) is 2.70. The third-order valence-electron chi connectivity index (χ3n) is 2.96. The topological polar surface area (TPSA) is 80.9 Å². The molecule has 0 saturated heterocycles. The fourth-order valence-electron chi connectivity index (χ4n) is 1.83. The van der Waals surface area contributed by atoms with E-state index in [4.69, 9.17) is 5.73 Å². The average molecular weight is 209 g/mol. The van der Waals surface area contributed by atoms with E-state index in [-0.39, 0.29) is 5.82 Å². The normalized spacial score (nSPS) is 17.7. The number of aromatic nitrogens is 2. The van der Waals surface area contributed by atoms with Gasteiger partial charge in [0.05, 0.1) is 0 Å². The molecular formula is C10H15N3O2. The molecule has 1 saturated carbocycles. The number of hydrogen-bond donors (Lipinski definition) is 2. The van der Waals surface area contributed by atoms with Crippen LogP contribution in [0.25, 0.3) is 0 Å². The highest BCUT2D eigenvalue weighted by Crippen LogP contribution is 2.37. The highest BCUT2D eigenvalue weighted by atomic mass is 16.2. The molecule has 0 spiro atoms. The minimum absolute atomic E-state index is 0.247. The van der Waals surface area contributed by atoms with E-state index >= 15 is 0 Å². The molecule has 0 amide bonds. The van der Waals surface area contributed by atoms with Crippen molar-refractivity contribution in [3.63, 3.8) is 0 Å². The molecule has 1 heterocycles. The fraction of sp³-hybridized carbons (Fsp3) is 0.600. The zero-order valence-corrected chi connectivity index (χ0v) is 8.69. The third-order valence-corrected chi connectivity index (χ3v) is 2.96. The van der Waals surface area contributed by atoms with Crippen LogP contribution in [-0.4, -0.2) is 9.55 Å². The second-order valence-electron chi connectivity index (χ2n) is 4.29. The van der Waals surface area contributed by atoms with E-state index in [0.29, 0.717) is 18.4 Å². The van der Waals surface area contributed by atoms with Gasteiger partial charge in [-0.25, -0.2) is 4.79 Å². The van der Waals surface area contributed by atoms with Crippen molar-refractivity contribution in [1.82, 2.24) is 9.55 Å². The zero-order chi connectivity index (χ0) is 11.0. The van der Waals surface area contributed by atoms with Crippen LogP contribution in [0.5, 0.6) is 0 Å². The summed E-state index contributed by atoms with van der Waals surface area (Å²) in [5.41, 5.74) is 4.79. The first-order valence-electron chi connectivity index (χ1n) is 5.17. The van der Waals surface area contributed by atoms with Gasteiger partial charge in [0.1, 0.15) is 5.82 Å². The summed E-state index contributed by atoms with van der Waals surface area (Å²) in [6.07, 6.45) is 2.47. The number of nitrogens with one attached hydrogen (secondary N) is 1. The lowest BCUT2D eigenvalue weighted by atomic mass is 10.1. The van der Waals surface area contributed by atoms with Gasteiger partial charge in [-0.3, -0.25) is 14.3 Å². The molecule has 1 aliphatic rings. The molecule has 1 unspecified atom stereocenters. The monoisotopic (exact) mass is 209 g/mol. The molecule has 1 aromatic rings. The summed E-state index contributed by atoms with van der Waals surface area (Å²) < 4.78 is 1.43. The molecule has 1 aliphatic carbocycles. The zero-order valence-electron chi connectivity index (χ0n) is 8.69. The van der Waals surface area contributed by atoms with Gasteiger partial charge in [-0.15, -0.1) is 0 Å². The van der Waals surface area contributed by atoms with Crippen molar-refractivity contribution < 1.29 is 0 Å². The molecule has 1 fully saturated rings. The van der Waals surface area contributed by atoms with E-state index < -0.39 is 11.2 Å². The van der Waals surface area contributed by atoms with Gasteiger partial charge in [-0.2, -0.15) is 0 Å². The van der Waals surface area contributed by atoms with Gasteiger partial charge in [0, 0.05) is 12.6 Å². The lowest BCUT2D eigenvalue weighted by Crippen LogP contribution is -2.33. The van der Waals surface area contributed by atoms with Crippen LogP contribution >= 0.6 is 0 Å². The molecule has 2 rings (SSSR count). The maximum atomic E-state index is 11.5. The van der Waals surface area contributed by atoms with Crippen LogP contribution in [0, 0.1) is 11.8 Å². The number of nitrogens with two attached hydrogens (primary N) is 1. The lowest BCUT2D eigenvalue weighted by Gasteiger charge is -2.13. The Morgan fingerprint density at radius 1 is 1.60 bits per heavy atom. The van der Waals surface area contributed by atoms with E-state index in [9.17, 15) is 9.59 Å². The largest absolute Gasteiger partial charge is 0.385 e. The van der Waals surface area contributed by atoms with E-state index in [1.807, 2.05) is 0 Å². The minimum Gasteiger partial charge on any atom is -0.385 e. The Balaban J connectivity index is 2.27. The molecule has 15 heavy (non-hydrogen) atoms. The van der Waals surface area contributed by atoms with Crippen LogP contribution in [0.2, 0.25) is 0 Å². The predicted molar refractivity (Wildman–Crippen MR) is 57.6 cm³/mol. The molecule has 0 radical (unpaired) electrons. The van der Waals surface area contributed by atoms with Crippen LogP contribution < -0.4 is 17.0 Å². The minimum atomic E-state index is -0.437. The Hall–Kier alpha value is -1.52. The summed E-state index contributed by atoms with van der Waals surface area (Å²) in [5.74, 6) is 1.40. The number of anilines is 1. The van der Waals surface area contributed by atoms with Crippen molar-refractivity contribution in [2.24, 2.45) is 11.8 Å². The van der Waals surface area contributed by atoms with Gasteiger partial charge in [-0.05, 0) is 24.7 Å². The quantitative estimate of drug-likeness (QED) is 0.744. The maximum Gasteiger partial charge on any atom is 0.329 e. The molecule has 3 N–H and O–H groups in total. The molecular weight excluding hydrogens is 194 g/mol. The molecule has 1 atom stereocenters. The Kier molecular flexibility index (Phi) is 2.38. The van der Waals surface area contributed by atoms with Crippen molar-refractivity contribution in [3.8, 4) is 0 Å². The van der Waals surface area contributed by atoms with Gasteiger partial charge in [0.2, 0.25) is 0 Å². The Labute approximate surface area is 86.9 Å². The average Bonchev–Trinajstić information content (AvgIpc) is 2.93. The van der Waals surface area contributed by atoms with Crippen molar-refractivity contribution in [3.05, 3.63) is 26.9 Å². The van der Waals surface area contributed by atoms with Crippen LogP contribution in [0.4, 0.5) is 5.82 Å². The van der Waals surface area contributed by atoms with Crippen LogP contribution in [-0.2, 0) is 6.54 Å². The van der Waals surface area contributed by atoms with Gasteiger partial charge >= 0.3 is 5.69 Å². The summed E-state index contributed by atoms with van der Waals surface area (Å²) in [4.78, 5) is 24.6. The number of nitrogens with zero attached hydrogens (tertiary/aromatic N) is 1. The first-order valence-corrected chi connectivity index (χ1v) is 5.17. The van der Waals surface area contributed by atoms with E-state index in [1.54, 1.807) is 0 Å². The fourth-order valence-corrected chi connectivity index (χ4v) is 1.83. The highest BCUT2D eigenvalue weighted by molar-refractivity contribution is 5.26. The van der Waals surface area contributed by atoms with Crippen LogP contribution in [0.15, 0.2) is 15.7 Å². The number of H-pyrrole nitrogens is 1. The SMILES string of the molecule is CC(Cn1c(N)cc(=O)[nH]c1=O)C1CC1. The molecule has 82 valence electrons. The molecule has 0 aromatic carbocycles. The molecule has 5 nitrogen and oxygen atoms in total. The van der Waals surface area contributed by atoms with Crippen LogP contribution in [0.3, 0.4) is 0 Å². The second-order valence-corrected chi connectivity index (χ2v) is 4.29. The van der Waals surface area contributed by atoms with Crippen molar-refractivity contribution in [1.29, 1.82) is 0 Å². The van der Waals surface area contributed by atoms with Gasteiger partial charge < -0.3 is 5.73 Å². The number of nitrogen functional groups attached to an aromatic ring is 1. The third kappa shape index (κ3) is 2.11. The Morgan fingerprint density at radius 3 is 2.80 bits per heavy atom. The number of aromatic amines is 1. The lowest BCUT2D eigenvalue weighted by molar-refractivity contribution is 0.422. The van der Waals surface area contributed by atoms with Crippen molar-refractivity contribution in [2.75, 3.05) is 5.73 Å². The van der Waals surface area contributed by atoms with E-state index in [2.05, 4.69) is 11.9 Å². The first-order chi connectivity index (χ1) is 7.08. The van der Waals surface area contributed by atoms with Crippen molar-refractivity contribution in [2.45, 2.75) is 26.3 Å². The smallest absolute Gasteiger partial charge is 0.329 e. The summed E-state index contributed by atoms with van der Waals surface area (Å²) in [7, 11) is 0. The first kappa shape index (κ1) is 10.0. The van der Waals surface area contributed by atoms with Gasteiger partial charge in [-0.1, -0.05) is 6.92 Å². The van der Waals surface area contributed by atoms with Gasteiger partial charge in [0.15, 0.2) is 0 Å². The molecule has 1 aromatic heterocycles. The summed E-state index contributed by atoms with van der Waals surface area (Å²) in [5, 5.41) is 0. The maximum absolute atomic E-state index is 11.5. The summed E-state index contributed by atoms with van der Waals surface area (Å²) in [6, 6.07) is 1.25. The summed E-state index contributed by atoms with van der Waals surface area (Å²) >= 11 is 0. The molecule has 0 aliphatic heterocycles. The van der Waals surface area contributed by atoms with Crippen molar-refractivity contribution >= 4 is 5.82 Å². The Bertz CT molecular complexity index is 470. The molecule has 5 heteroatoms. The van der Waals surface area contributed by atoms with Crippen LogP contribution in [0.1, 0.15) is 19.8 Å². The van der Waals surface area contributed by atoms with Gasteiger partial charge in [0.25, 0.3) is 5.56 Å². The van der Waals surface area contributed by atoms with E-state index in [1.165, 1.54) is 23.5 Å². The predicted octanol–water partition coefficient (Wildman–Crippen LogP) is 0.165. The number of rotatable bonds is 3. The second kappa shape index (κ2) is 3.56. The molecule has 0 bridgehead atoms. The van der Waals surface area contributed by atoms with E-state index in [0.717, 1.165) is 0 Å². The standard InChI is InChI=1S/C10H15N3O2/c1-6(7-2-3-7)5-13-8(11)4-9(14)12-10(13)15/h4,6-7H,2-3,5,11H2,1H3,(H,12,14,15). The number of hydrogen-bond acceptors (Lipinski definition) is 3. The Morgan fingerprint density at radius 2 is 2.27 bits per heavy atom. The highest BCUT2D eigenvalue weighted by Gasteiger charge is 2.28.